The summed E-state index contributed by atoms with van der Waals surface area (Å²) in [6.45, 7) is 2.37. The number of halogens is 2. The first-order valence-corrected chi connectivity index (χ1v) is 11.7. The lowest BCUT2D eigenvalue weighted by Crippen LogP contribution is -2.21. The van der Waals surface area contributed by atoms with E-state index in [4.69, 9.17) is 28.2 Å². The van der Waals surface area contributed by atoms with Crippen molar-refractivity contribution in [1.29, 1.82) is 0 Å². The fraction of sp³-hybridized carbons (Fsp3) is 0.125. The van der Waals surface area contributed by atoms with Gasteiger partial charge in [0.15, 0.2) is 5.16 Å². The summed E-state index contributed by atoms with van der Waals surface area (Å²) in [6.07, 6.45) is 0. The maximum Gasteiger partial charge on any atom is 0.250 e. The summed E-state index contributed by atoms with van der Waals surface area (Å²) in [6, 6.07) is 23.0. The van der Waals surface area contributed by atoms with Crippen molar-refractivity contribution in [2.45, 2.75) is 18.6 Å². The van der Waals surface area contributed by atoms with E-state index >= 15 is 0 Å². The molecule has 0 saturated carbocycles. The van der Waals surface area contributed by atoms with Crippen LogP contribution in [-0.4, -0.2) is 26.9 Å². The number of carbonyl (C=O) groups excluding carboxylic acids is 1. The van der Waals surface area contributed by atoms with Crippen molar-refractivity contribution in [3.8, 4) is 0 Å². The van der Waals surface area contributed by atoms with Crippen molar-refractivity contribution in [2.24, 2.45) is 5.10 Å². The molecule has 8 heteroatoms. The summed E-state index contributed by atoms with van der Waals surface area (Å²) < 4.78 is 2.08. The average Bonchev–Trinajstić information content (AvgIpc) is 3.15. The second-order valence-corrected chi connectivity index (χ2v) is 8.82. The van der Waals surface area contributed by atoms with Gasteiger partial charge in [-0.2, -0.15) is 5.10 Å². The van der Waals surface area contributed by atoms with Crippen LogP contribution in [0.4, 0.5) is 0 Å². The number of nitrogens with one attached hydrogen (secondary N) is 1. The summed E-state index contributed by atoms with van der Waals surface area (Å²) >= 11 is 13.9. The highest BCUT2D eigenvalue weighted by molar-refractivity contribution is 7.99. The van der Waals surface area contributed by atoms with Crippen molar-refractivity contribution in [3.63, 3.8) is 0 Å². The van der Waals surface area contributed by atoms with Gasteiger partial charge < -0.3 is 4.57 Å². The third-order valence-electron chi connectivity index (χ3n) is 4.85. The molecule has 0 unspecified atom stereocenters. The number of imidazole rings is 1. The number of hydrazone groups is 1. The number of fused-ring (bicyclic) bond motifs is 1. The number of benzene rings is 3. The molecule has 0 spiro atoms. The standard InChI is InChI=1S/C24H20Cl2N4OS/c1-16(18-9-3-5-11-20(18)26)28-29-23(31)15-32-24-27-21-12-6-7-13-22(21)30(24)14-17-8-2-4-10-19(17)25/h2-13H,14-15H2,1H3,(H,29,31). The number of para-hydroxylation sites is 2. The third-order valence-corrected chi connectivity index (χ3v) is 6.52. The lowest BCUT2D eigenvalue weighted by molar-refractivity contribution is -0.118. The van der Waals surface area contributed by atoms with Crippen LogP contribution in [-0.2, 0) is 11.3 Å². The summed E-state index contributed by atoms with van der Waals surface area (Å²) in [5.41, 5.74) is 6.87. The molecule has 162 valence electrons. The van der Waals surface area contributed by atoms with E-state index in [1.807, 2.05) is 66.7 Å². The monoisotopic (exact) mass is 482 g/mol. The van der Waals surface area contributed by atoms with Crippen LogP contribution in [0.5, 0.6) is 0 Å². The van der Waals surface area contributed by atoms with Gasteiger partial charge in [0.25, 0.3) is 5.91 Å². The Labute approximate surface area is 200 Å². The van der Waals surface area contributed by atoms with Crippen LogP contribution >= 0.6 is 35.0 Å². The van der Waals surface area contributed by atoms with Crippen LogP contribution in [0.25, 0.3) is 11.0 Å². The molecule has 0 radical (unpaired) electrons. The molecule has 1 N–H and O–H groups in total. The second-order valence-electron chi connectivity index (χ2n) is 7.06. The van der Waals surface area contributed by atoms with Crippen molar-refractivity contribution in [1.82, 2.24) is 15.0 Å². The predicted octanol–water partition coefficient (Wildman–Crippen LogP) is 6.02. The number of amides is 1. The normalized spacial score (nSPS) is 11.7. The molecule has 0 aliphatic heterocycles. The molecule has 32 heavy (non-hydrogen) atoms. The van der Waals surface area contributed by atoms with Crippen molar-refractivity contribution < 1.29 is 4.79 Å². The number of nitrogens with zero attached hydrogens (tertiary/aromatic N) is 3. The average molecular weight is 483 g/mol. The maximum absolute atomic E-state index is 12.4. The highest BCUT2D eigenvalue weighted by atomic mass is 35.5. The zero-order valence-corrected chi connectivity index (χ0v) is 19.6. The van der Waals surface area contributed by atoms with Crippen LogP contribution in [0, 0.1) is 0 Å². The third kappa shape index (κ3) is 5.15. The number of aromatic nitrogens is 2. The lowest BCUT2D eigenvalue weighted by atomic mass is 10.1. The first-order chi connectivity index (χ1) is 15.5. The van der Waals surface area contributed by atoms with Gasteiger partial charge in [-0.3, -0.25) is 4.79 Å². The SMILES string of the molecule is CC(=NNC(=O)CSc1nc2ccccc2n1Cc1ccccc1Cl)c1ccccc1Cl. The van der Waals surface area contributed by atoms with Crippen LogP contribution in [0.1, 0.15) is 18.1 Å². The molecule has 0 aliphatic carbocycles. The van der Waals surface area contributed by atoms with Gasteiger partial charge in [0.05, 0.1) is 29.0 Å². The Morgan fingerprint density at radius 3 is 2.47 bits per heavy atom. The van der Waals surface area contributed by atoms with Crippen molar-refractivity contribution in [3.05, 3.63) is 94.0 Å². The molecule has 0 atom stereocenters. The predicted molar refractivity (Wildman–Crippen MR) is 133 cm³/mol. The minimum atomic E-state index is -0.224. The highest BCUT2D eigenvalue weighted by Gasteiger charge is 2.14. The highest BCUT2D eigenvalue weighted by Crippen LogP contribution is 2.27. The van der Waals surface area contributed by atoms with E-state index in [2.05, 4.69) is 15.1 Å². The molecule has 4 rings (SSSR count). The molecular formula is C24H20Cl2N4OS. The zero-order chi connectivity index (χ0) is 22.5. The lowest BCUT2D eigenvalue weighted by Gasteiger charge is -2.10. The maximum atomic E-state index is 12.4. The van der Waals surface area contributed by atoms with E-state index in [-0.39, 0.29) is 11.7 Å². The van der Waals surface area contributed by atoms with Crippen LogP contribution in [0.15, 0.2) is 83.1 Å². The molecule has 0 saturated heterocycles. The van der Waals surface area contributed by atoms with Gasteiger partial charge in [-0.05, 0) is 36.8 Å². The molecule has 1 heterocycles. The molecule has 5 nitrogen and oxygen atoms in total. The summed E-state index contributed by atoms with van der Waals surface area (Å²) in [5, 5.41) is 6.22. The Morgan fingerprint density at radius 1 is 1.00 bits per heavy atom. The molecular weight excluding hydrogens is 463 g/mol. The minimum absolute atomic E-state index is 0.172. The van der Waals surface area contributed by atoms with Gasteiger partial charge in [0, 0.05) is 15.6 Å². The number of hydrogen-bond acceptors (Lipinski definition) is 4. The van der Waals surface area contributed by atoms with Gasteiger partial charge in [0.1, 0.15) is 0 Å². The molecule has 4 aromatic rings. The quantitative estimate of drug-likeness (QED) is 0.199. The van der Waals surface area contributed by atoms with E-state index in [1.54, 1.807) is 13.0 Å². The van der Waals surface area contributed by atoms with Gasteiger partial charge in [-0.25, -0.2) is 10.4 Å². The molecule has 0 bridgehead atoms. The Kier molecular flexibility index (Phi) is 7.15. The Balaban J connectivity index is 1.49. The number of rotatable bonds is 7. The Hall–Kier alpha value is -2.80. The van der Waals surface area contributed by atoms with E-state index in [0.29, 0.717) is 22.3 Å². The van der Waals surface area contributed by atoms with E-state index in [1.165, 1.54) is 11.8 Å². The van der Waals surface area contributed by atoms with Gasteiger partial charge in [-0.1, -0.05) is 83.5 Å². The smallest absolute Gasteiger partial charge is 0.250 e. The number of hydrogen-bond donors (Lipinski definition) is 1. The van der Waals surface area contributed by atoms with E-state index in [9.17, 15) is 4.79 Å². The Morgan fingerprint density at radius 2 is 1.69 bits per heavy atom. The van der Waals surface area contributed by atoms with Crippen LogP contribution in [0.2, 0.25) is 10.0 Å². The molecule has 1 amide bonds. The van der Waals surface area contributed by atoms with Crippen LogP contribution < -0.4 is 5.43 Å². The van der Waals surface area contributed by atoms with Gasteiger partial charge in [-0.15, -0.1) is 0 Å². The van der Waals surface area contributed by atoms with Gasteiger partial charge in [0.2, 0.25) is 0 Å². The zero-order valence-electron chi connectivity index (χ0n) is 17.3. The molecule has 1 aromatic heterocycles. The van der Waals surface area contributed by atoms with Crippen molar-refractivity contribution in [2.75, 3.05) is 5.75 Å². The molecule has 0 fully saturated rings. The van der Waals surface area contributed by atoms with E-state index in [0.717, 1.165) is 27.3 Å². The van der Waals surface area contributed by atoms with Gasteiger partial charge >= 0.3 is 0 Å². The molecule has 3 aromatic carbocycles. The topological polar surface area (TPSA) is 59.3 Å². The summed E-state index contributed by atoms with van der Waals surface area (Å²) in [4.78, 5) is 17.2. The summed E-state index contributed by atoms with van der Waals surface area (Å²) in [7, 11) is 0. The van der Waals surface area contributed by atoms with Crippen molar-refractivity contribution >= 4 is 57.6 Å². The summed E-state index contributed by atoms with van der Waals surface area (Å²) in [5.74, 6) is -0.0525. The number of thioether (sulfide) groups is 1. The largest absolute Gasteiger partial charge is 0.314 e. The first-order valence-electron chi connectivity index (χ1n) is 9.92. The molecule has 0 aliphatic rings. The van der Waals surface area contributed by atoms with Crippen LogP contribution in [0.3, 0.4) is 0 Å². The Bertz CT molecular complexity index is 1300. The minimum Gasteiger partial charge on any atom is -0.314 e. The number of carbonyl (C=O) groups is 1. The second kappa shape index (κ2) is 10.2. The fourth-order valence-electron chi connectivity index (χ4n) is 3.24. The fourth-order valence-corrected chi connectivity index (χ4v) is 4.51. The first kappa shape index (κ1) is 22.4. The van der Waals surface area contributed by atoms with E-state index < -0.39 is 0 Å².